The molecule has 1 amide bonds. The number of para-hydroxylation sites is 1. The van der Waals surface area contributed by atoms with Crippen LogP contribution in [0.25, 0.3) is 22.2 Å². The monoisotopic (exact) mass is 408 g/mol. The first kappa shape index (κ1) is 20.4. The summed E-state index contributed by atoms with van der Waals surface area (Å²) in [5, 5.41) is 4.85. The quantitative estimate of drug-likeness (QED) is 0.335. The molecule has 0 aliphatic rings. The number of amides is 1. The predicted octanol–water partition coefficient (Wildman–Crippen LogP) is 5.57. The minimum atomic E-state index is -0.289. The molecule has 2 heterocycles. The molecule has 2 aromatic heterocycles. The van der Waals surface area contributed by atoms with E-state index >= 15 is 0 Å². The van der Waals surface area contributed by atoms with E-state index in [1.165, 1.54) is 11.8 Å². The molecule has 0 unspecified atom stereocenters. The highest BCUT2D eigenvalue weighted by atomic mass is 16.2. The van der Waals surface area contributed by atoms with Gasteiger partial charge in [0.1, 0.15) is 0 Å². The van der Waals surface area contributed by atoms with Gasteiger partial charge in [-0.1, -0.05) is 62.4 Å². The Bertz CT molecular complexity index is 1220. The lowest BCUT2D eigenvalue weighted by molar-refractivity contribution is 0.0956. The Labute approximate surface area is 181 Å². The molecule has 1 atom stereocenters. The number of nitrogens with one attached hydrogen (secondary N) is 1. The van der Waals surface area contributed by atoms with Crippen LogP contribution in [-0.2, 0) is 0 Å². The minimum absolute atomic E-state index is 0.289. The molecule has 2 aromatic carbocycles. The maximum Gasteiger partial charge on any atom is 0.272 e. The minimum Gasteiger partial charge on any atom is -0.267 e. The van der Waals surface area contributed by atoms with Crippen molar-refractivity contribution in [2.45, 2.75) is 26.2 Å². The first-order valence-corrected chi connectivity index (χ1v) is 10.4. The average molecular weight is 409 g/mol. The normalized spacial score (nSPS) is 12.2. The van der Waals surface area contributed by atoms with Crippen molar-refractivity contribution in [1.29, 1.82) is 0 Å². The fourth-order valence-electron chi connectivity index (χ4n) is 3.40. The molecule has 4 aromatic rings. The van der Waals surface area contributed by atoms with Gasteiger partial charge >= 0.3 is 0 Å². The predicted molar refractivity (Wildman–Crippen MR) is 125 cm³/mol. The number of hydrazone groups is 1. The van der Waals surface area contributed by atoms with Gasteiger partial charge in [-0.3, -0.25) is 9.78 Å². The fourth-order valence-corrected chi connectivity index (χ4v) is 3.40. The van der Waals surface area contributed by atoms with Crippen LogP contribution in [0.5, 0.6) is 0 Å². The maximum absolute atomic E-state index is 12.9. The molecule has 0 aliphatic heterocycles. The molecule has 31 heavy (non-hydrogen) atoms. The Morgan fingerprint density at radius 2 is 1.84 bits per heavy atom. The number of pyridine rings is 2. The summed E-state index contributed by atoms with van der Waals surface area (Å²) < 4.78 is 0. The SMILES string of the molecule is CC[C@H](C)c1ccc(-c2cc(C(=O)NN=Cc3ccccn3)c3ccccc3n2)cc1. The van der Waals surface area contributed by atoms with Crippen molar-refractivity contribution in [3.8, 4) is 11.3 Å². The third-order valence-electron chi connectivity index (χ3n) is 5.40. The Kier molecular flexibility index (Phi) is 6.13. The molecule has 0 saturated carbocycles. The number of carbonyl (C=O) groups is 1. The zero-order valence-corrected chi connectivity index (χ0v) is 17.6. The third-order valence-corrected chi connectivity index (χ3v) is 5.40. The second kappa shape index (κ2) is 9.30. The van der Waals surface area contributed by atoms with Crippen molar-refractivity contribution in [3.05, 3.63) is 95.8 Å². The van der Waals surface area contributed by atoms with Gasteiger partial charge in [0.05, 0.1) is 28.7 Å². The number of hydrogen-bond acceptors (Lipinski definition) is 4. The summed E-state index contributed by atoms with van der Waals surface area (Å²) in [7, 11) is 0. The van der Waals surface area contributed by atoms with Crippen LogP contribution in [0.4, 0.5) is 0 Å². The second-order valence-corrected chi connectivity index (χ2v) is 7.46. The highest BCUT2D eigenvalue weighted by molar-refractivity contribution is 6.07. The standard InChI is InChI=1S/C26H24N4O/c1-3-18(2)19-11-13-20(14-12-19)25-16-23(22-9-4-5-10-24(22)29-25)26(31)30-28-17-21-8-6-7-15-27-21/h4-18H,3H2,1-2H3,(H,30,31)/t18-/m0/s1. The molecular formula is C26H24N4O. The lowest BCUT2D eigenvalue weighted by Gasteiger charge is -2.11. The van der Waals surface area contributed by atoms with Gasteiger partial charge in [-0.05, 0) is 42.2 Å². The lowest BCUT2D eigenvalue weighted by Crippen LogP contribution is -2.18. The Balaban J connectivity index is 1.66. The Hall–Kier alpha value is -3.86. The van der Waals surface area contributed by atoms with Gasteiger partial charge < -0.3 is 0 Å². The van der Waals surface area contributed by atoms with Crippen LogP contribution in [0.3, 0.4) is 0 Å². The van der Waals surface area contributed by atoms with E-state index in [-0.39, 0.29) is 5.91 Å². The van der Waals surface area contributed by atoms with E-state index in [4.69, 9.17) is 4.98 Å². The summed E-state index contributed by atoms with van der Waals surface area (Å²) in [6.07, 6.45) is 4.30. The van der Waals surface area contributed by atoms with Crippen LogP contribution in [-0.4, -0.2) is 22.1 Å². The number of benzene rings is 2. The fraction of sp³-hybridized carbons (Fsp3) is 0.154. The van der Waals surface area contributed by atoms with Crippen molar-refractivity contribution < 1.29 is 4.79 Å². The van der Waals surface area contributed by atoms with Gasteiger partial charge in [0, 0.05) is 17.1 Å². The first-order chi connectivity index (χ1) is 15.2. The summed E-state index contributed by atoms with van der Waals surface area (Å²) in [4.78, 5) is 21.9. The van der Waals surface area contributed by atoms with Gasteiger partial charge in [0.2, 0.25) is 0 Å². The van der Waals surface area contributed by atoms with E-state index in [0.29, 0.717) is 17.2 Å². The van der Waals surface area contributed by atoms with E-state index in [9.17, 15) is 4.79 Å². The number of hydrogen-bond donors (Lipinski definition) is 1. The summed E-state index contributed by atoms with van der Waals surface area (Å²) in [5.41, 5.74) is 7.62. The van der Waals surface area contributed by atoms with E-state index in [1.54, 1.807) is 6.20 Å². The van der Waals surface area contributed by atoms with E-state index < -0.39 is 0 Å². The summed E-state index contributed by atoms with van der Waals surface area (Å²) >= 11 is 0. The molecule has 0 radical (unpaired) electrons. The maximum atomic E-state index is 12.9. The van der Waals surface area contributed by atoms with Crippen molar-refractivity contribution >= 4 is 23.0 Å². The van der Waals surface area contributed by atoms with Crippen LogP contribution in [0.1, 0.15) is 47.8 Å². The van der Waals surface area contributed by atoms with E-state index in [2.05, 4.69) is 53.6 Å². The zero-order chi connectivity index (χ0) is 21.6. The highest BCUT2D eigenvalue weighted by Gasteiger charge is 2.14. The molecule has 0 saturated heterocycles. The molecule has 0 fully saturated rings. The number of rotatable bonds is 6. The molecular weight excluding hydrogens is 384 g/mol. The van der Waals surface area contributed by atoms with Crippen LogP contribution >= 0.6 is 0 Å². The van der Waals surface area contributed by atoms with Crippen molar-refractivity contribution in [1.82, 2.24) is 15.4 Å². The third kappa shape index (κ3) is 4.67. The molecule has 154 valence electrons. The molecule has 0 bridgehead atoms. The molecule has 0 spiro atoms. The number of fused-ring (bicyclic) bond motifs is 1. The van der Waals surface area contributed by atoms with Crippen LogP contribution in [0.15, 0.2) is 84.1 Å². The average Bonchev–Trinajstić information content (AvgIpc) is 2.83. The van der Waals surface area contributed by atoms with E-state index in [0.717, 1.165) is 28.6 Å². The molecule has 5 nitrogen and oxygen atoms in total. The Morgan fingerprint density at radius 3 is 2.58 bits per heavy atom. The van der Waals surface area contributed by atoms with Gasteiger partial charge in [-0.25, -0.2) is 10.4 Å². The molecule has 0 aliphatic carbocycles. The topological polar surface area (TPSA) is 67.2 Å². The van der Waals surface area contributed by atoms with Crippen molar-refractivity contribution in [3.63, 3.8) is 0 Å². The number of aromatic nitrogens is 2. The van der Waals surface area contributed by atoms with Gasteiger partial charge in [0.15, 0.2) is 0 Å². The molecule has 1 N–H and O–H groups in total. The first-order valence-electron chi connectivity index (χ1n) is 10.4. The van der Waals surface area contributed by atoms with Crippen LogP contribution in [0.2, 0.25) is 0 Å². The zero-order valence-electron chi connectivity index (χ0n) is 17.6. The smallest absolute Gasteiger partial charge is 0.267 e. The van der Waals surface area contributed by atoms with E-state index in [1.807, 2.05) is 48.5 Å². The second-order valence-electron chi connectivity index (χ2n) is 7.46. The van der Waals surface area contributed by atoms with Gasteiger partial charge in [-0.2, -0.15) is 5.10 Å². The highest BCUT2D eigenvalue weighted by Crippen LogP contribution is 2.27. The summed E-state index contributed by atoms with van der Waals surface area (Å²) in [6.45, 7) is 4.40. The van der Waals surface area contributed by atoms with Crippen LogP contribution in [0, 0.1) is 0 Å². The van der Waals surface area contributed by atoms with Gasteiger partial charge in [0.25, 0.3) is 5.91 Å². The summed E-state index contributed by atoms with van der Waals surface area (Å²) in [5.74, 6) is 0.222. The van der Waals surface area contributed by atoms with Gasteiger partial charge in [-0.15, -0.1) is 0 Å². The summed E-state index contributed by atoms with van der Waals surface area (Å²) in [6, 6.07) is 23.4. The number of carbonyl (C=O) groups excluding carboxylic acids is 1. The van der Waals surface area contributed by atoms with Crippen molar-refractivity contribution in [2.24, 2.45) is 5.10 Å². The van der Waals surface area contributed by atoms with Crippen molar-refractivity contribution in [2.75, 3.05) is 0 Å². The van der Waals surface area contributed by atoms with Crippen LogP contribution < -0.4 is 5.43 Å². The number of nitrogens with zero attached hydrogens (tertiary/aromatic N) is 3. The lowest BCUT2D eigenvalue weighted by atomic mass is 9.96. The molecule has 5 heteroatoms. The Morgan fingerprint density at radius 1 is 1.06 bits per heavy atom. The largest absolute Gasteiger partial charge is 0.272 e. The molecule has 4 rings (SSSR count).